The molecule has 4 aromatic carbocycles. The molecule has 0 radical (unpaired) electrons. The number of carbonyl (C=O) groups is 2. The number of nitrogens with one attached hydrogen (secondary N) is 1. The summed E-state index contributed by atoms with van der Waals surface area (Å²) in [6, 6.07) is 27.9. The summed E-state index contributed by atoms with van der Waals surface area (Å²) in [5.41, 5.74) is 10.4. The van der Waals surface area contributed by atoms with Crippen molar-refractivity contribution >= 4 is 22.8 Å². The number of hydrogen-bond donors (Lipinski definition) is 2. The van der Waals surface area contributed by atoms with Crippen molar-refractivity contribution in [1.82, 2.24) is 9.88 Å². The summed E-state index contributed by atoms with van der Waals surface area (Å²) in [5, 5.41) is 13.9. The molecule has 5 aromatic rings. The Kier molecular flexibility index (Phi) is 8.02. The van der Waals surface area contributed by atoms with E-state index in [4.69, 9.17) is 0 Å². The molecule has 5 heteroatoms. The van der Waals surface area contributed by atoms with Crippen LogP contribution in [0.15, 0.2) is 84.9 Å². The average molecular weight is 573 g/mol. The van der Waals surface area contributed by atoms with Crippen molar-refractivity contribution in [2.45, 2.75) is 66.5 Å². The third-order valence-electron chi connectivity index (χ3n) is 8.54. The van der Waals surface area contributed by atoms with Gasteiger partial charge in [0.15, 0.2) is 0 Å². The van der Waals surface area contributed by atoms with E-state index in [1.165, 1.54) is 5.56 Å². The van der Waals surface area contributed by atoms with Crippen molar-refractivity contribution in [2.75, 3.05) is 0 Å². The number of carboxylic acids is 1. The number of aryl methyl sites for hydroxylation is 2. The number of aromatic carboxylic acids is 1. The Morgan fingerprint density at radius 1 is 0.860 bits per heavy atom. The molecule has 0 bridgehead atoms. The Bertz CT molecular complexity index is 1820. The van der Waals surface area contributed by atoms with E-state index in [9.17, 15) is 14.7 Å². The van der Waals surface area contributed by atoms with Gasteiger partial charge in [-0.25, -0.2) is 4.79 Å². The first-order chi connectivity index (χ1) is 20.3. The van der Waals surface area contributed by atoms with Crippen LogP contribution in [0.5, 0.6) is 0 Å². The minimum atomic E-state index is -0.926. The number of rotatable bonds is 7. The van der Waals surface area contributed by atoms with Gasteiger partial charge in [0.2, 0.25) is 0 Å². The van der Waals surface area contributed by atoms with Gasteiger partial charge in [-0.05, 0) is 90.8 Å². The molecule has 0 aliphatic heterocycles. The van der Waals surface area contributed by atoms with Gasteiger partial charge in [-0.2, -0.15) is 0 Å². The van der Waals surface area contributed by atoms with Gasteiger partial charge in [0, 0.05) is 28.7 Å². The van der Waals surface area contributed by atoms with E-state index in [2.05, 4.69) is 80.9 Å². The molecular formula is C38H40N2O3. The van der Waals surface area contributed by atoms with Gasteiger partial charge >= 0.3 is 5.97 Å². The van der Waals surface area contributed by atoms with E-state index in [0.29, 0.717) is 23.2 Å². The van der Waals surface area contributed by atoms with E-state index >= 15 is 0 Å². The fourth-order valence-corrected chi connectivity index (χ4v) is 5.69. The second kappa shape index (κ2) is 11.6. The summed E-state index contributed by atoms with van der Waals surface area (Å²) >= 11 is 0. The zero-order valence-corrected chi connectivity index (χ0v) is 26.1. The minimum Gasteiger partial charge on any atom is -0.478 e. The molecule has 5 nitrogen and oxygen atoms in total. The van der Waals surface area contributed by atoms with Gasteiger partial charge in [0.05, 0.1) is 11.6 Å². The molecule has 0 unspecified atom stereocenters. The Labute approximate surface area is 254 Å². The van der Waals surface area contributed by atoms with Crippen LogP contribution >= 0.6 is 0 Å². The van der Waals surface area contributed by atoms with Gasteiger partial charge in [-0.15, -0.1) is 0 Å². The number of benzene rings is 4. The second-order valence-corrected chi connectivity index (χ2v) is 12.6. The lowest BCUT2D eigenvalue weighted by Crippen LogP contribution is -2.26. The van der Waals surface area contributed by atoms with Crippen LogP contribution in [-0.2, 0) is 12.0 Å². The van der Waals surface area contributed by atoms with Gasteiger partial charge in [-0.1, -0.05) is 87.0 Å². The maximum absolute atomic E-state index is 13.3. The summed E-state index contributed by atoms with van der Waals surface area (Å²) in [6.07, 6.45) is 0. The number of amides is 1. The largest absolute Gasteiger partial charge is 0.478 e. The van der Waals surface area contributed by atoms with Crippen LogP contribution in [0, 0.1) is 20.8 Å². The number of fused-ring (bicyclic) bond motifs is 1. The first-order valence-electron chi connectivity index (χ1n) is 14.8. The number of nitrogens with zero attached hydrogens (tertiary/aromatic N) is 1. The van der Waals surface area contributed by atoms with Crippen LogP contribution in [0.2, 0.25) is 0 Å². The van der Waals surface area contributed by atoms with Gasteiger partial charge < -0.3 is 15.0 Å². The van der Waals surface area contributed by atoms with E-state index in [0.717, 1.165) is 44.4 Å². The highest BCUT2D eigenvalue weighted by Gasteiger charge is 2.18. The Morgan fingerprint density at radius 2 is 1.53 bits per heavy atom. The van der Waals surface area contributed by atoms with Gasteiger partial charge in [0.1, 0.15) is 0 Å². The number of aromatic nitrogens is 1. The molecule has 0 saturated heterocycles. The molecule has 220 valence electrons. The summed E-state index contributed by atoms with van der Waals surface area (Å²) in [5.74, 6) is -1.02. The standard InChI is InChI=1S/C38H40N2O3/c1-23-8-18-32(34(20-23)37(42)43)29-11-9-27(10-12-29)22-40-26(4)24(2)33-21-30(15-19-35(33)40)36(41)39-25(3)28-13-16-31(17-14-28)38(5,6)7/h8-21,25H,22H2,1-7H3,(H,39,41)(H,42,43)/t25-/m0/s1. The third kappa shape index (κ3) is 6.12. The Balaban J connectivity index is 1.35. The predicted molar refractivity (Wildman–Crippen MR) is 175 cm³/mol. The summed E-state index contributed by atoms with van der Waals surface area (Å²) in [4.78, 5) is 25.1. The Hall–Kier alpha value is -4.64. The summed E-state index contributed by atoms with van der Waals surface area (Å²) in [7, 11) is 0. The van der Waals surface area contributed by atoms with Crippen LogP contribution in [0.25, 0.3) is 22.0 Å². The van der Waals surface area contributed by atoms with Crippen molar-refractivity contribution < 1.29 is 14.7 Å². The highest BCUT2D eigenvalue weighted by molar-refractivity contribution is 5.99. The molecule has 0 fully saturated rings. The highest BCUT2D eigenvalue weighted by Crippen LogP contribution is 2.30. The Morgan fingerprint density at radius 3 is 2.16 bits per heavy atom. The van der Waals surface area contributed by atoms with Crippen LogP contribution < -0.4 is 5.32 Å². The van der Waals surface area contributed by atoms with Crippen LogP contribution in [0.1, 0.15) is 88.0 Å². The lowest BCUT2D eigenvalue weighted by molar-refractivity contribution is 0.0697. The fraction of sp³-hybridized carbons (Fsp3) is 0.263. The molecule has 1 amide bonds. The maximum atomic E-state index is 13.3. The second-order valence-electron chi connectivity index (χ2n) is 12.6. The quantitative estimate of drug-likeness (QED) is 0.205. The predicted octanol–water partition coefficient (Wildman–Crippen LogP) is 8.77. The number of hydrogen-bond acceptors (Lipinski definition) is 2. The van der Waals surface area contributed by atoms with E-state index in [1.807, 2.05) is 56.3 Å². The first kappa shape index (κ1) is 29.8. The number of carboxylic acid groups (broad SMARTS) is 1. The van der Waals surface area contributed by atoms with Crippen LogP contribution in [0.3, 0.4) is 0 Å². The molecule has 1 aromatic heterocycles. The molecule has 0 saturated carbocycles. The van der Waals surface area contributed by atoms with Gasteiger partial charge in [0.25, 0.3) is 5.91 Å². The zero-order chi connectivity index (χ0) is 31.1. The van der Waals surface area contributed by atoms with E-state index in [-0.39, 0.29) is 17.4 Å². The fourth-order valence-electron chi connectivity index (χ4n) is 5.69. The van der Waals surface area contributed by atoms with Crippen LogP contribution in [-0.4, -0.2) is 21.6 Å². The van der Waals surface area contributed by atoms with Crippen molar-refractivity contribution in [2.24, 2.45) is 0 Å². The van der Waals surface area contributed by atoms with E-state index < -0.39 is 5.97 Å². The smallest absolute Gasteiger partial charge is 0.336 e. The zero-order valence-electron chi connectivity index (χ0n) is 26.1. The van der Waals surface area contributed by atoms with Crippen molar-refractivity contribution in [3.05, 3.63) is 130 Å². The lowest BCUT2D eigenvalue weighted by atomic mass is 9.86. The first-order valence-corrected chi connectivity index (χ1v) is 14.8. The normalized spacial score (nSPS) is 12.3. The topological polar surface area (TPSA) is 71.3 Å². The molecule has 0 spiro atoms. The lowest BCUT2D eigenvalue weighted by Gasteiger charge is -2.21. The number of carbonyl (C=O) groups excluding carboxylic acids is 1. The average Bonchev–Trinajstić information content (AvgIpc) is 3.21. The van der Waals surface area contributed by atoms with Crippen LogP contribution in [0.4, 0.5) is 0 Å². The molecule has 0 aliphatic carbocycles. The van der Waals surface area contributed by atoms with Crippen molar-refractivity contribution in [1.29, 1.82) is 0 Å². The molecule has 2 N–H and O–H groups in total. The monoisotopic (exact) mass is 572 g/mol. The SMILES string of the molecule is Cc1ccc(-c2ccc(Cn3c(C)c(C)c4cc(C(=O)N[C@@H](C)c5ccc(C(C)(C)C)cc5)ccc43)cc2)c(C(=O)O)c1. The molecule has 43 heavy (non-hydrogen) atoms. The van der Waals surface area contributed by atoms with Gasteiger partial charge in [-0.3, -0.25) is 4.79 Å². The van der Waals surface area contributed by atoms with Crippen molar-refractivity contribution in [3.63, 3.8) is 0 Å². The molecule has 0 aliphatic rings. The third-order valence-corrected chi connectivity index (χ3v) is 8.54. The van der Waals surface area contributed by atoms with Crippen molar-refractivity contribution in [3.8, 4) is 11.1 Å². The molecule has 1 heterocycles. The summed E-state index contributed by atoms with van der Waals surface area (Å²) in [6.45, 7) is 15.4. The van der Waals surface area contributed by atoms with E-state index in [1.54, 1.807) is 6.07 Å². The molecular weight excluding hydrogens is 532 g/mol. The highest BCUT2D eigenvalue weighted by atomic mass is 16.4. The minimum absolute atomic E-state index is 0.0870. The maximum Gasteiger partial charge on any atom is 0.336 e. The molecule has 5 rings (SSSR count). The summed E-state index contributed by atoms with van der Waals surface area (Å²) < 4.78 is 2.27. The molecule has 1 atom stereocenters.